The zero-order chi connectivity index (χ0) is 43.9. The summed E-state index contributed by atoms with van der Waals surface area (Å²) < 4.78 is 24.3. The average Bonchev–Trinajstić information content (AvgIpc) is 3.59. The van der Waals surface area contributed by atoms with Crippen LogP contribution in [0.4, 0.5) is 9.59 Å². The Kier molecular flexibility index (Phi) is 17.5. The topological polar surface area (TPSA) is 184 Å². The Morgan fingerprint density at radius 2 is 1.10 bits per heavy atom. The van der Waals surface area contributed by atoms with Crippen molar-refractivity contribution >= 4 is 47.5 Å². The number of ether oxygens (including phenoxy) is 4. The fourth-order valence-electron chi connectivity index (χ4n) is 6.62. The normalized spacial score (nSPS) is 17.8. The van der Waals surface area contributed by atoms with E-state index in [0.29, 0.717) is 10.8 Å². The van der Waals surface area contributed by atoms with Crippen molar-refractivity contribution in [3.63, 3.8) is 0 Å². The van der Waals surface area contributed by atoms with Crippen molar-refractivity contribution in [3.05, 3.63) is 121 Å². The first-order valence-electron chi connectivity index (χ1n) is 20.2. The van der Waals surface area contributed by atoms with E-state index in [1.165, 1.54) is 23.5 Å². The number of thioether (sulfide) groups is 2. The van der Waals surface area contributed by atoms with E-state index in [1.54, 1.807) is 60.0 Å². The summed E-state index contributed by atoms with van der Waals surface area (Å²) in [6.45, 7) is 10.4. The Hall–Kier alpha value is -5.00. The van der Waals surface area contributed by atoms with Gasteiger partial charge in [-0.3, -0.25) is 14.5 Å². The van der Waals surface area contributed by atoms with E-state index in [2.05, 4.69) is 20.6 Å². The lowest BCUT2D eigenvalue weighted by molar-refractivity contribution is -0.164. The fourth-order valence-corrected chi connectivity index (χ4v) is 8.47. The quantitative estimate of drug-likeness (QED) is 0.0834. The second kappa shape index (κ2) is 22.7. The van der Waals surface area contributed by atoms with Crippen LogP contribution in [0.3, 0.4) is 0 Å². The van der Waals surface area contributed by atoms with Gasteiger partial charge in [0.25, 0.3) is 11.8 Å². The van der Waals surface area contributed by atoms with Gasteiger partial charge in [0.15, 0.2) is 5.79 Å². The standard InChI is InChI=1S/C45H56N6O8S2/c1-29(2)37(49-43(54)56-25-31-17-9-7-10-18-31)41(52)51(42(53)38(30(3)4)50-44(55)57-26-32-19-11-8-12-20-32)34(28-61-36-22-14-16-24-48-36)40-39(58-45(5,6)59-40)33(46)27-60-35-21-13-15-23-47-35/h7-24,29-30,33-34,37-40H,25-28,46H2,1-6H3,(H,49,54)(H,50,55)/t33-,34-,37-,38-,39+,40+/m0/s1. The van der Waals surface area contributed by atoms with E-state index in [-0.39, 0.29) is 19.0 Å². The summed E-state index contributed by atoms with van der Waals surface area (Å²) in [6, 6.07) is 25.1. The van der Waals surface area contributed by atoms with Crippen molar-refractivity contribution in [2.24, 2.45) is 17.6 Å². The molecule has 0 bridgehead atoms. The molecule has 4 N–H and O–H groups in total. The Morgan fingerprint density at radius 1 is 0.672 bits per heavy atom. The van der Waals surface area contributed by atoms with Gasteiger partial charge in [-0.2, -0.15) is 0 Å². The van der Waals surface area contributed by atoms with Crippen molar-refractivity contribution in [2.75, 3.05) is 11.5 Å². The Bertz CT molecular complexity index is 1920. The molecule has 6 atom stereocenters. The highest BCUT2D eigenvalue weighted by atomic mass is 32.2. The van der Waals surface area contributed by atoms with Crippen LogP contribution in [-0.4, -0.2) is 92.5 Å². The number of amides is 4. The Labute approximate surface area is 366 Å². The molecular weight excluding hydrogens is 817 g/mol. The smallest absolute Gasteiger partial charge is 0.408 e. The number of rotatable bonds is 19. The summed E-state index contributed by atoms with van der Waals surface area (Å²) >= 11 is 2.75. The van der Waals surface area contributed by atoms with Crippen molar-refractivity contribution in [1.82, 2.24) is 25.5 Å². The van der Waals surface area contributed by atoms with Gasteiger partial charge in [-0.05, 0) is 61.1 Å². The maximum Gasteiger partial charge on any atom is 0.408 e. The van der Waals surface area contributed by atoms with E-state index >= 15 is 9.59 Å². The number of pyridine rings is 2. The molecule has 1 aliphatic rings. The molecule has 1 aliphatic heterocycles. The van der Waals surface area contributed by atoms with Crippen LogP contribution in [0, 0.1) is 11.8 Å². The first-order valence-corrected chi connectivity index (χ1v) is 22.2. The maximum atomic E-state index is 15.3. The van der Waals surface area contributed by atoms with Crippen LogP contribution in [0.25, 0.3) is 0 Å². The molecule has 2 aromatic heterocycles. The third-order valence-electron chi connectivity index (χ3n) is 9.71. The molecule has 1 fully saturated rings. The minimum atomic E-state index is -1.26. The van der Waals surface area contributed by atoms with Gasteiger partial charge in [-0.1, -0.05) is 100 Å². The van der Waals surface area contributed by atoms with Crippen molar-refractivity contribution in [3.8, 4) is 0 Å². The van der Waals surface area contributed by atoms with Gasteiger partial charge in [-0.15, -0.1) is 23.5 Å². The molecule has 4 amide bonds. The maximum absolute atomic E-state index is 15.3. The van der Waals surface area contributed by atoms with Gasteiger partial charge in [0.2, 0.25) is 0 Å². The zero-order valence-electron chi connectivity index (χ0n) is 35.3. The molecule has 61 heavy (non-hydrogen) atoms. The van der Waals surface area contributed by atoms with Gasteiger partial charge in [0.05, 0.1) is 16.1 Å². The van der Waals surface area contributed by atoms with E-state index in [9.17, 15) is 9.59 Å². The molecule has 16 heteroatoms. The highest BCUT2D eigenvalue weighted by molar-refractivity contribution is 7.99. The molecule has 4 aromatic rings. The number of hydrogen-bond donors (Lipinski definition) is 3. The summed E-state index contributed by atoms with van der Waals surface area (Å²) in [4.78, 5) is 67.5. The molecule has 326 valence electrons. The van der Waals surface area contributed by atoms with Crippen LogP contribution in [0.1, 0.15) is 52.7 Å². The highest BCUT2D eigenvalue weighted by Gasteiger charge is 2.53. The SMILES string of the molecule is CC(C)[C@H](NC(=O)OCc1ccccc1)C(=O)N(C(=O)[C@@H](NC(=O)OCc1ccccc1)C(C)C)[C@@H](CSc1ccccn1)[C@H]1OC(C)(C)O[C@@H]1[C@@H](N)CSc1ccccn1. The number of nitrogens with two attached hydrogens (primary N) is 1. The predicted molar refractivity (Wildman–Crippen MR) is 234 cm³/mol. The van der Waals surface area contributed by atoms with Gasteiger partial charge in [-0.25, -0.2) is 19.6 Å². The third-order valence-corrected chi connectivity index (χ3v) is 11.8. The highest BCUT2D eigenvalue weighted by Crippen LogP contribution is 2.37. The Balaban J connectivity index is 1.54. The summed E-state index contributed by atoms with van der Waals surface area (Å²) in [5.41, 5.74) is 8.44. The molecule has 0 spiro atoms. The van der Waals surface area contributed by atoms with Crippen molar-refractivity contribution < 1.29 is 38.1 Å². The molecule has 0 saturated carbocycles. The summed E-state index contributed by atoms with van der Waals surface area (Å²) in [6.07, 6.45) is -0.156. The monoisotopic (exact) mass is 872 g/mol. The number of nitrogens with one attached hydrogen (secondary N) is 2. The van der Waals surface area contributed by atoms with Crippen LogP contribution in [0.15, 0.2) is 120 Å². The number of carbonyl (C=O) groups excluding carboxylic acids is 4. The second-order valence-corrected chi connectivity index (χ2v) is 17.7. The Morgan fingerprint density at radius 3 is 1.52 bits per heavy atom. The van der Waals surface area contributed by atoms with Gasteiger partial charge >= 0.3 is 12.2 Å². The molecule has 0 radical (unpaired) electrons. The number of aromatic nitrogens is 2. The average molecular weight is 873 g/mol. The molecule has 0 unspecified atom stereocenters. The van der Waals surface area contributed by atoms with E-state index < -0.39 is 78.0 Å². The van der Waals surface area contributed by atoms with E-state index in [4.69, 9.17) is 24.7 Å². The number of alkyl carbamates (subject to hydrolysis) is 2. The third kappa shape index (κ3) is 14.0. The number of benzene rings is 2. The van der Waals surface area contributed by atoms with Crippen LogP contribution in [-0.2, 0) is 41.8 Å². The van der Waals surface area contributed by atoms with Crippen LogP contribution in [0.2, 0.25) is 0 Å². The zero-order valence-corrected chi connectivity index (χ0v) is 37.0. The fraction of sp³-hybridized carbons (Fsp3) is 0.422. The summed E-state index contributed by atoms with van der Waals surface area (Å²) in [5, 5.41) is 6.86. The lowest BCUT2D eigenvalue weighted by atomic mass is 9.95. The predicted octanol–water partition coefficient (Wildman–Crippen LogP) is 6.83. The molecule has 14 nitrogen and oxygen atoms in total. The number of carbonyl (C=O) groups is 4. The molecule has 1 saturated heterocycles. The second-order valence-electron chi connectivity index (χ2n) is 15.7. The van der Waals surface area contributed by atoms with Gasteiger partial charge < -0.3 is 35.3 Å². The molecule has 0 aliphatic carbocycles. The number of hydrogen-bond acceptors (Lipinski definition) is 13. The lowest BCUT2D eigenvalue weighted by Crippen LogP contribution is -2.65. The molecular formula is C45H56N6O8S2. The van der Waals surface area contributed by atoms with E-state index in [1.807, 2.05) is 91.0 Å². The van der Waals surface area contributed by atoms with Crippen LogP contribution < -0.4 is 16.4 Å². The van der Waals surface area contributed by atoms with E-state index in [0.717, 1.165) is 21.1 Å². The molecule has 5 rings (SSSR count). The minimum absolute atomic E-state index is 0.0412. The van der Waals surface area contributed by atoms with Gasteiger partial charge in [0.1, 0.15) is 37.5 Å². The molecule has 3 heterocycles. The van der Waals surface area contributed by atoms with Crippen molar-refractivity contribution in [2.45, 2.75) is 107 Å². The number of nitrogens with zero attached hydrogens (tertiary/aromatic N) is 3. The number of imide groups is 1. The van der Waals surface area contributed by atoms with Crippen LogP contribution in [0.5, 0.6) is 0 Å². The largest absolute Gasteiger partial charge is 0.445 e. The minimum Gasteiger partial charge on any atom is -0.445 e. The van der Waals surface area contributed by atoms with Crippen LogP contribution >= 0.6 is 23.5 Å². The summed E-state index contributed by atoms with van der Waals surface area (Å²) in [5.74, 6) is -3.25. The first kappa shape index (κ1) is 47.1. The van der Waals surface area contributed by atoms with Crippen molar-refractivity contribution in [1.29, 1.82) is 0 Å². The van der Waals surface area contributed by atoms with Gasteiger partial charge in [0, 0.05) is 29.9 Å². The molecule has 2 aromatic carbocycles. The first-order chi connectivity index (χ1) is 29.2. The summed E-state index contributed by atoms with van der Waals surface area (Å²) in [7, 11) is 0. The lowest BCUT2D eigenvalue weighted by Gasteiger charge is -2.40.